The molecule has 0 saturated heterocycles. The molecule has 0 saturated carbocycles. The van der Waals surface area contributed by atoms with E-state index in [1.165, 1.54) is 0 Å². The van der Waals surface area contributed by atoms with Gasteiger partial charge in [0, 0.05) is 6.04 Å². The number of nitrogens with two attached hydrogens (primary N) is 1. The zero-order chi connectivity index (χ0) is 9.84. The third-order valence-electron chi connectivity index (χ3n) is 1.90. The molecule has 0 aliphatic rings. The van der Waals surface area contributed by atoms with Gasteiger partial charge in [0.25, 0.3) is 0 Å². The van der Waals surface area contributed by atoms with Gasteiger partial charge in [-0.15, -0.1) is 0 Å². The van der Waals surface area contributed by atoms with Crippen LogP contribution in [0.15, 0.2) is 18.2 Å². The van der Waals surface area contributed by atoms with Crippen molar-refractivity contribution in [2.45, 2.75) is 25.8 Å². The van der Waals surface area contributed by atoms with Crippen LogP contribution in [0.2, 0.25) is 5.02 Å². The summed E-state index contributed by atoms with van der Waals surface area (Å²) in [5, 5.41) is 0.183. The summed E-state index contributed by atoms with van der Waals surface area (Å²) in [6, 6.07) is 5.14. The molecule has 72 valence electrons. The van der Waals surface area contributed by atoms with Gasteiger partial charge in [-0.05, 0) is 31.4 Å². The average Bonchev–Trinajstić information content (AvgIpc) is 2.07. The molecule has 0 bridgehead atoms. The molecule has 1 rings (SSSR count). The first-order valence-electron chi connectivity index (χ1n) is 4.29. The molecular formula is C10H13ClFN. The topological polar surface area (TPSA) is 26.0 Å². The second kappa shape index (κ2) is 4.58. The molecule has 0 spiro atoms. The van der Waals surface area contributed by atoms with Gasteiger partial charge in [0.05, 0.1) is 5.02 Å². The van der Waals surface area contributed by atoms with Crippen molar-refractivity contribution in [3.63, 3.8) is 0 Å². The molecule has 2 N–H and O–H groups in total. The van der Waals surface area contributed by atoms with Gasteiger partial charge in [-0.2, -0.15) is 0 Å². The number of aryl methyl sites for hydroxylation is 1. The van der Waals surface area contributed by atoms with Crippen molar-refractivity contribution < 1.29 is 4.39 Å². The van der Waals surface area contributed by atoms with Crippen LogP contribution < -0.4 is 5.73 Å². The highest BCUT2D eigenvalue weighted by Crippen LogP contribution is 2.19. The molecule has 1 aromatic rings. The molecule has 0 heterocycles. The van der Waals surface area contributed by atoms with Crippen LogP contribution in [-0.2, 0) is 6.42 Å². The minimum atomic E-state index is -0.315. The molecule has 0 aliphatic heterocycles. The van der Waals surface area contributed by atoms with Crippen molar-refractivity contribution in [3.8, 4) is 0 Å². The molecule has 13 heavy (non-hydrogen) atoms. The maximum atomic E-state index is 13.3. The fraction of sp³-hybridized carbons (Fsp3) is 0.400. The van der Waals surface area contributed by atoms with Crippen LogP contribution in [0.5, 0.6) is 0 Å². The highest BCUT2D eigenvalue weighted by atomic mass is 35.5. The van der Waals surface area contributed by atoms with E-state index in [0.717, 1.165) is 6.42 Å². The second-order valence-corrected chi connectivity index (χ2v) is 3.64. The number of rotatable bonds is 3. The molecule has 1 nitrogen and oxygen atoms in total. The third-order valence-corrected chi connectivity index (χ3v) is 2.19. The van der Waals surface area contributed by atoms with Crippen molar-refractivity contribution in [2.24, 2.45) is 5.73 Å². The van der Waals surface area contributed by atoms with E-state index < -0.39 is 0 Å². The quantitative estimate of drug-likeness (QED) is 0.800. The van der Waals surface area contributed by atoms with Crippen molar-refractivity contribution in [1.29, 1.82) is 0 Å². The second-order valence-electron chi connectivity index (χ2n) is 3.23. The van der Waals surface area contributed by atoms with Crippen LogP contribution in [0.25, 0.3) is 0 Å². The summed E-state index contributed by atoms with van der Waals surface area (Å²) in [5.41, 5.74) is 6.22. The van der Waals surface area contributed by atoms with Gasteiger partial charge in [0.15, 0.2) is 0 Å². The molecular weight excluding hydrogens is 189 g/mol. The predicted octanol–water partition coefficient (Wildman–Crippen LogP) is 2.76. The number of halogens is 2. The Morgan fingerprint density at radius 2 is 2.23 bits per heavy atom. The number of hydrogen-bond donors (Lipinski definition) is 1. The van der Waals surface area contributed by atoms with Gasteiger partial charge in [0.1, 0.15) is 5.82 Å². The van der Waals surface area contributed by atoms with E-state index in [-0.39, 0.29) is 16.9 Å². The molecule has 0 amide bonds. The number of benzene rings is 1. The van der Waals surface area contributed by atoms with Gasteiger partial charge in [0.2, 0.25) is 0 Å². The first-order chi connectivity index (χ1) is 6.11. The Balaban J connectivity index is 2.71. The van der Waals surface area contributed by atoms with Gasteiger partial charge in [-0.25, -0.2) is 4.39 Å². The normalized spacial score (nSPS) is 12.9. The maximum Gasteiger partial charge on any atom is 0.144 e. The first-order valence-corrected chi connectivity index (χ1v) is 4.67. The Morgan fingerprint density at radius 3 is 2.85 bits per heavy atom. The van der Waals surface area contributed by atoms with Gasteiger partial charge in [-0.1, -0.05) is 23.7 Å². The Morgan fingerprint density at radius 1 is 1.54 bits per heavy atom. The van der Waals surface area contributed by atoms with Crippen LogP contribution in [0, 0.1) is 5.82 Å². The van der Waals surface area contributed by atoms with Gasteiger partial charge >= 0.3 is 0 Å². The average molecular weight is 202 g/mol. The minimum Gasteiger partial charge on any atom is -0.328 e. The zero-order valence-corrected chi connectivity index (χ0v) is 8.31. The molecule has 0 radical (unpaired) electrons. The van der Waals surface area contributed by atoms with Crippen molar-refractivity contribution in [1.82, 2.24) is 0 Å². The van der Waals surface area contributed by atoms with E-state index >= 15 is 0 Å². The predicted molar refractivity (Wildman–Crippen MR) is 53.4 cm³/mol. The Bertz CT molecular complexity index is 286. The van der Waals surface area contributed by atoms with Crippen molar-refractivity contribution >= 4 is 11.6 Å². The van der Waals surface area contributed by atoms with E-state index in [1.807, 2.05) is 6.92 Å². The zero-order valence-electron chi connectivity index (χ0n) is 7.56. The summed E-state index contributed by atoms with van der Waals surface area (Å²) in [4.78, 5) is 0. The summed E-state index contributed by atoms with van der Waals surface area (Å²) in [6.45, 7) is 1.91. The van der Waals surface area contributed by atoms with Crippen molar-refractivity contribution in [2.75, 3.05) is 0 Å². The van der Waals surface area contributed by atoms with Crippen LogP contribution >= 0.6 is 11.6 Å². The van der Waals surface area contributed by atoms with Crippen LogP contribution in [0.4, 0.5) is 4.39 Å². The molecule has 0 aromatic heterocycles. The fourth-order valence-electron chi connectivity index (χ4n) is 1.12. The standard InChI is InChI=1S/C10H13ClFN/c1-7(13)5-6-8-3-2-4-9(11)10(8)12/h2-4,7H,5-6,13H2,1H3/t7-/m1/s1. The summed E-state index contributed by atoms with van der Waals surface area (Å²) in [5.74, 6) is -0.315. The number of hydrogen-bond acceptors (Lipinski definition) is 1. The first kappa shape index (κ1) is 10.5. The monoisotopic (exact) mass is 201 g/mol. The van der Waals surface area contributed by atoms with Gasteiger partial charge < -0.3 is 5.73 Å². The Hall–Kier alpha value is -0.600. The van der Waals surface area contributed by atoms with E-state index in [4.69, 9.17) is 17.3 Å². The lowest BCUT2D eigenvalue weighted by atomic mass is 10.1. The fourth-order valence-corrected chi connectivity index (χ4v) is 1.32. The maximum absolute atomic E-state index is 13.3. The highest BCUT2D eigenvalue weighted by molar-refractivity contribution is 6.30. The largest absolute Gasteiger partial charge is 0.328 e. The molecule has 0 fully saturated rings. The molecule has 0 aliphatic carbocycles. The third kappa shape index (κ3) is 2.98. The molecule has 1 atom stereocenters. The summed E-state index contributed by atoms with van der Waals surface area (Å²) >= 11 is 5.62. The lowest BCUT2D eigenvalue weighted by Gasteiger charge is -2.06. The van der Waals surface area contributed by atoms with Crippen molar-refractivity contribution in [3.05, 3.63) is 34.6 Å². The summed E-state index contributed by atoms with van der Waals surface area (Å²) < 4.78 is 13.3. The molecule has 3 heteroatoms. The van der Waals surface area contributed by atoms with Crippen LogP contribution in [0.1, 0.15) is 18.9 Å². The van der Waals surface area contributed by atoms with E-state index in [1.54, 1.807) is 18.2 Å². The molecule has 0 unspecified atom stereocenters. The van der Waals surface area contributed by atoms with Crippen LogP contribution in [0.3, 0.4) is 0 Å². The summed E-state index contributed by atoms with van der Waals surface area (Å²) in [7, 11) is 0. The Kier molecular flexibility index (Phi) is 3.70. The molecule has 1 aromatic carbocycles. The van der Waals surface area contributed by atoms with Gasteiger partial charge in [-0.3, -0.25) is 0 Å². The lowest BCUT2D eigenvalue weighted by Crippen LogP contribution is -2.15. The Labute approximate surface area is 82.7 Å². The van der Waals surface area contributed by atoms with E-state index in [0.29, 0.717) is 12.0 Å². The minimum absolute atomic E-state index is 0.0957. The van der Waals surface area contributed by atoms with E-state index in [9.17, 15) is 4.39 Å². The van der Waals surface area contributed by atoms with E-state index in [2.05, 4.69) is 0 Å². The smallest absolute Gasteiger partial charge is 0.144 e. The SMILES string of the molecule is C[C@@H](N)CCc1cccc(Cl)c1F. The highest BCUT2D eigenvalue weighted by Gasteiger charge is 2.06. The van der Waals surface area contributed by atoms with Crippen LogP contribution in [-0.4, -0.2) is 6.04 Å². The summed E-state index contributed by atoms with van der Waals surface area (Å²) in [6.07, 6.45) is 1.42. The lowest BCUT2D eigenvalue weighted by molar-refractivity contribution is 0.591.